The van der Waals surface area contributed by atoms with Gasteiger partial charge in [0, 0.05) is 17.5 Å². The molecule has 0 saturated carbocycles. The molecule has 0 aliphatic heterocycles. The second-order valence-electron chi connectivity index (χ2n) is 7.98. The lowest BCUT2D eigenvalue weighted by atomic mass is 9.75. The summed E-state index contributed by atoms with van der Waals surface area (Å²) in [6.45, 7) is 1.86. The Morgan fingerprint density at radius 2 is 1.41 bits per heavy atom. The number of benzene rings is 3. The summed E-state index contributed by atoms with van der Waals surface area (Å²) in [5.41, 5.74) is 7.87. The van der Waals surface area contributed by atoms with Crippen LogP contribution >= 0.6 is 0 Å². The molecule has 0 aliphatic rings. The lowest BCUT2D eigenvalue weighted by molar-refractivity contribution is -0.129. The first-order valence-corrected chi connectivity index (χ1v) is 10.5. The molecule has 0 unspecified atom stereocenters. The van der Waals surface area contributed by atoms with Crippen LogP contribution in [0.5, 0.6) is 0 Å². The van der Waals surface area contributed by atoms with Gasteiger partial charge in [-0.15, -0.1) is 0 Å². The fourth-order valence-electron chi connectivity index (χ4n) is 3.93. The zero-order valence-corrected chi connectivity index (χ0v) is 17.9. The quantitative estimate of drug-likeness (QED) is 0.475. The van der Waals surface area contributed by atoms with Crippen LogP contribution in [0.15, 0.2) is 97.1 Å². The fourth-order valence-corrected chi connectivity index (χ4v) is 3.93. The largest absolute Gasteiger partial charge is 0.368 e. The van der Waals surface area contributed by atoms with E-state index in [1.165, 1.54) is 0 Å². The maximum Gasteiger partial charge on any atom is 0.240 e. The molecular formula is C27H25N3O2. The van der Waals surface area contributed by atoms with E-state index in [9.17, 15) is 9.59 Å². The van der Waals surface area contributed by atoms with E-state index in [0.717, 1.165) is 22.0 Å². The second kappa shape index (κ2) is 9.02. The first kappa shape index (κ1) is 21.2. The van der Waals surface area contributed by atoms with Gasteiger partial charge in [-0.1, -0.05) is 84.9 Å². The highest BCUT2D eigenvalue weighted by molar-refractivity contribution is 5.95. The molecule has 1 atom stereocenters. The number of nitrogens with zero attached hydrogens (tertiary/aromatic N) is 1. The van der Waals surface area contributed by atoms with E-state index in [2.05, 4.69) is 10.3 Å². The van der Waals surface area contributed by atoms with Gasteiger partial charge in [0.05, 0.1) is 10.9 Å². The normalized spacial score (nSPS) is 12.3. The lowest BCUT2D eigenvalue weighted by Crippen LogP contribution is -2.52. The first-order valence-electron chi connectivity index (χ1n) is 10.5. The van der Waals surface area contributed by atoms with Gasteiger partial charge in [-0.05, 0) is 30.2 Å². The summed E-state index contributed by atoms with van der Waals surface area (Å²) < 4.78 is 0. The predicted octanol–water partition coefficient (Wildman–Crippen LogP) is 3.75. The van der Waals surface area contributed by atoms with E-state index in [0.29, 0.717) is 5.69 Å². The van der Waals surface area contributed by atoms with Crippen LogP contribution < -0.4 is 11.1 Å². The molecule has 5 nitrogen and oxygen atoms in total. The molecule has 4 aromatic rings. The smallest absolute Gasteiger partial charge is 0.240 e. The number of nitrogens with one attached hydrogen (secondary N) is 1. The van der Waals surface area contributed by atoms with E-state index < -0.39 is 17.4 Å². The van der Waals surface area contributed by atoms with Gasteiger partial charge in [-0.2, -0.15) is 0 Å². The Labute approximate surface area is 187 Å². The highest BCUT2D eigenvalue weighted by Crippen LogP contribution is 2.32. The Bertz CT molecular complexity index is 1200. The number of carbonyl (C=O) groups is 2. The van der Waals surface area contributed by atoms with Crippen molar-refractivity contribution in [3.8, 4) is 0 Å². The Morgan fingerprint density at radius 1 is 0.844 bits per heavy atom. The number of aromatic nitrogens is 1. The third kappa shape index (κ3) is 4.23. The van der Waals surface area contributed by atoms with Gasteiger partial charge in [-0.25, -0.2) is 0 Å². The molecule has 160 valence electrons. The summed E-state index contributed by atoms with van der Waals surface area (Å²) in [7, 11) is 0. The minimum atomic E-state index is -0.993. The summed E-state index contributed by atoms with van der Waals surface area (Å²) in [5, 5.41) is 3.91. The lowest BCUT2D eigenvalue weighted by Gasteiger charge is -2.31. The minimum absolute atomic E-state index is 0.214. The van der Waals surface area contributed by atoms with Crippen LogP contribution in [0.25, 0.3) is 10.9 Å². The van der Waals surface area contributed by atoms with Crippen LogP contribution in [-0.4, -0.2) is 22.8 Å². The molecular weight excluding hydrogens is 398 g/mol. The molecule has 1 aromatic heterocycles. The zero-order valence-electron chi connectivity index (χ0n) is 17.9. The molecule has 3 N–H and O–H groups in total. The van der Waals surface area contributed by atoms with Gasteiger partial charge >= 0.3 is 0 Å². The van der Waals surface area contributed by atoms with Crippen molar-refractivity contribution in [3.63, 3.8) is 0 Å². The molecule has 32 heavy (non-hydrogen) atoms. The van der Waals surface area contributed by atoms with E-state index in [4.69, 9.17) is 5.73 Å². The van der Waals surface area contributed by atoms with E-state index in [1.807, 2.05) is 104 Å². The summed E-state index contributed by atoms with van der Waals surface area (Å²) in [6.07, 6.45) is 0.214. The number of hydrogen-bond donors (Lipinski definition) is 2. The third-order valence-electron chi connectivity index (χ3n) is 5.87. The van der Waals surface area contributed by atoms with Gasteiger partial charge in [0.1, 0.15) is 6.04 Å². The molecule has 5 heteroatoms. The molecule has 0 radical (unpaired) electrons. The maximum atomic E-state index is 13.6. The highest BCUT2D eigenvalue weighted by Gasteiger charge is 2.38. The predicted molar refractivity (Wildman–Crippen MR) is 126 cm³/mol. The summed E-state index contributed by atoms with van der Waals surface area (Å²) >= 11 is 0. The van der Waals surface area contributed by atoms with Crippen molar-refractivity contribution in [2.24, 2.45) is 5.73 Å². The van der Waals surface area contributed by atoms with Gasteiger partial charge in [0.2, 0.25) is 11.8 Å². The number of carbonyl (C=O) groups excluding carboxylic acids is 2. The van der Waals surface area contributed by atoms with Crippen molar-refractivity contribution in [1.82, 2.24) is 10.3 Å². The maximum absolute atomic E-state index is 13.6. The van der Waals surface area contributed by atoms with Crippen LogP contribution in [0, 0.1) is 0 Å². The van der Waals surface area contributed by atoms with Gasteiger partial charge in [0.15, 0.2) is 0 Å². The Balaban J connectivity index is 1.65. The summed E-state index contributed by atoms with van der Waals surface area (Å²) in [4.78, 5) is 30.6. The van der Waals surface area contributed by atoms with Gasteiger partial charge in [-0.3, -0.25) is 14.6 Å². The van der Waals surface area contributed by atoms with Crippen molar-refractivity contribution in [3.05, 3.63) is 114 Å². The fraction of sp³-hybridized carbons (Fsp3) is 0.148. The van der Waals surface area contributed by atoms with Crippen LogP contribution in [0.1, 0.15) is 23.7 Å². The van der Waals surface area contributed by atoms with E-state index >= 15 is 0 Å². The average Bonchev–Trinajstić information content (AvgIpc) is 2.84. The number of nitrogens with two attached hydrogens (primary N) is 1. The van der Waals surface area contributed by atoms with Crippen LogP contribution in [0.4, 0.5) is 0 Å². The molecule has 2 amide bonds. The Morgan fingerprint density at radius 3 is 2.00 bits per heavy atom. The number of pyridine rings is 1. The number of primary amides is 1. The molecule has 0 saturated heterocycles. The van der Waals surface area contributed by atoms with Crippen LogP contribution in [-0.2, 0) is 21.4 Å². The summed E-state index contributed by atoms with van der Waals surface area (Å²) in [5.74, 6) is -0.892. The van der Waals surface area contributed by atoms with Crippen molar-refractivity contribution in [1.29, 1.82) is 0 Å². The first-order chi connectivity index (χ1) is 15.5. The van der Waals surface area contributed by atoms with Crippen LogP contribution in [0.2, 0.25) is 0 Å². The average molecular weight is 424 g/mol. The summed E-state index contributed by atoms with van der Waals surface area (Å²) in [6, 6.07) is 29.7. The Kier molecular flexibility index (Phi) is 5.99. The van der Waals surface area contributed by atoms with E-state index in [1.54, 1.807) is 0 Å². The minimum Gasteiger partial charge on any atom is -0.368 e. The molecule has 0 spiro atoms. The molecule has 0 aliphatic carbocycles. The topological polar surface area (TPSA) is 85.1 Å². The van der Waals surface area contributed by atoms with Crippen molar-refractivity contribution < 1.29 is 9.59 Å². The highest BCUT2D eigenvalue weighted by atomic mass is 16.2. The number of rotatable bonds is 7. The molecule has 4 rings (SSSR count). The number of hydrogen-bond acceptors (Lipinski definition) is 3. The number of fused-ring (bicyclic) bond motifs is 1. The van der Waals surface area contributed by atoms with Crippen molar-refractivity contribution >= 4 is 22.7 Å². The number of amides is 2. The van der Waals surface area contributed by atoms with E-state index in [-0.39, 0.29) is 12.3 Å². The second-order valence-corrected chi connectivity index (χ2v) is 7.98. The van der Waals surface area contributed by atoms with Crippen molar-refractivity contribution in [2.75, 3.05) is 0 Å². The third-order valence-corrected chi connectivity index (χ3v) is 5.87. The number of para-hydroxylation sites is 1. The monoisotopic (exact) mass is 423 g/mol. The molecule has 3 aromatic carbocycles. The molecule has 0 fully saturated rings. The van der Waals surface area contributed by atoms with Crippen molar-refractivity contribution in [2.45, 2.75) is 24.8 Å². The SMILES string of the molecule is CC(C(=O)N[C@@H](Cc1ccc2ccccc2n1)C(N)=O)(c1ccccc1)c1ccccc1. The standard InChI is InChI=1S/C27H25N3O2/c1-27(20-11-4-2-5-12-20,21-13-6-3-7-14-21)26(32)30-24(25(28)31)18-22-17-16-19-10-8-9-15-23(19)29-22/h2-17,24H,18H2,1H3,(H2,28,31)(H,30,32)/t24-/m0/s1. The van der Waals surface area contributed by atoms with Crippen LogP contribution in [0.3, 0.4) is 0 Å². The van der Waals surface area contributed by atoms with Gasteiger partial charge < -0.3 is 11.1 Å². The van der Waals surface area contributed by atoms with Gasteiger partial charge in [0.25, 0.3) is 0 Å². The Hall–Kier alpha value is -3.99. The molecule has 0 bridgehead atoms. The zero-order chi connectivity index (χ0) is 22.6. The molecule has 1 heterocycles.